The predicted molar refractivity (Wildman–Crippen MR) is 116 cm³/mol. The van der Waals surface area contributed by atoms with E-state index in [1.165, 1.54) is 0 Å². The third kappa shape index (κ3) is 3.80. The van der Waals surface area contributed by atoms with Gasteiger partial charge >= 0.3 is 6.03 Å². The molecule has 0 aromatic heterocycles. The number of piperidine rings is 1. The van der Waals surface area contributed by atoms with E-state index in [4.69, 9.17) is 4.74 Å². The van der Waals surface area contributed by atoms with Crippen molar-refractivity contribution in [2.45, 2.75) is 64.3 Å². The number of rotatable bonds is 2. The lowest BCUT2D eigenvalue weighted by atomic mass is 9.90. The lowest BCUT2D eigenvalue weighted by Crippen LogP contribution is -2.58. The van der Waals surface area contributed by atoms with E-state index in [9.17, 15) is 19.2 Å². The quantitative estimate of drug-likeness (QED) is 0.700. The van der Waals surface area contributed by atoms with Crippen LogP contribution in [0.3, 0.4) is 0 Å². The van der Waals surface area contributed by atoms with E-state index >= 15 is 0 Å². The number of likely N-dealkylation sites (tertiary alicyclic amines) is 1. The predicted octanol–water partition coefficient (Wildman–Crippen LogP) is 1.51. The fourth-order valence-corrected chi connectivity index (χ4v) is 4.73. The highest BCUT2D eigenvalue weighted by Gasteiger charge is 2.49. The molecule has 4 rings (SSSR count). The molecule has 3 heterocycles. The van der Waals surface area contributed by atoms with Crippen molar-refractivity contribution in [3.63, 3.8) is 0 Å². The van der Waals surface area contributed by atoms with E-state index in [0.717, 1.165) is 16.2 Å². The average Bonchev–Trinajstić information content (AvgIpc) is 2.86. The van der Waals surface area contributed by atoms with E-state index in [-0.39, 0.29) is 11.8 Å². The molecule has 172 valence electrons. The smallest absolute Gasteiger partial charge is 0.325 e. The van der Waals surface area contributed by atoms with Gasteiger partial charge in [-0.15, -0.1) is 0 Å². The molecule has 1 spiro atoms. The van der Waals surface area contributed by atoms with Gasteiger partial charge in [-0.1, -0.05) is 18.2 Å². The van der Waals surface area contributed by atoms with Crippen LogP contribution in [0.15, 0.2) is 24.3 Å². The number of nitrogens with one attached hydrogen (secondary N) is 1. The number of benzene rings is 1. The second-order valence-corrected chi connectivity index (χ2v) is 9.50. The van der Waals surface area contributed by atoms with Crippen LogP contribution >= 0.6 is 0 Å². The fraction of sp³-hybridized carbons (Fsp3) is 0.565. The van der Waals surface area contributed by atoms with Crippen molar-refractivity contribution in [1.82, 2.24) is 20.0 Å². The maximum atomic E-state index is 13.1. The monoisotopic (exact) mass is 442 g/mol. The summed E-state index contributed by atoms with van der Waals surface area (Å²) in [5.41, 5.74) is -0.635. The number of imide groups is 1. The van der Waals surface area contributed by atoms with Crippen molar-refractivity contribution in [2.75, 3.05) is 19.6 Å². The van der Waals surface area contributed by atoms with Gasteiger partial charge in [0.15, 0.2) is 0 Å². The van der Waals surface area contributed by atoms with Crippen molar-refractivity contribution in [1.29, 1.82) is 0 Å². The van der Waals surface area contributed by atoms with Crippen LogP contribution in [0.25, 0.3) is 0 Å². The van der Waals surface area contributed by atoms with Gasteiger partial charge in [0.1, 0.15) is 22.9 Å². The molecule has 1 aromatic carbocycles. The van der Waals surface area contributed by atoms with Gasteiger partial charge in [-0.05, 0) is 26.8 Å². The summed E-state index contributed by atoms with van der Waals surface area (Å²) in [6.07, 6.45) is 1.10. The molecule has 1 atom stereocenters. The molecular weight excluding hydrogens is 412 g/mol. The first-order chi connectivity index (χ1) is 15.0. The Balaban J connectivity index is 1.48. The topological polar surface area (TPSA) is 99.3 Å². The van der Waals surface area contributed by atoms with Crippen LogP contribution < -0.4 is 10.1 Å². The summed E-state index contributed by atoms with van der Waals surface area (Å²) in [6, 6.07) is 6.29. The molecule has 1 aromatic rings. The Morgan fingerprint density at radius 2 is 1.75 bits per heavy atom. The maximum absolute atomic E-state index is 13.1. The van der Waals surface area contributed by atoms with E-state index in [1.807, 2.05) is 24.3 Å². The van der Waals surface area contributed by atoms with E-state index in [0.29, 0.717) is 39.0 Å². The second-order valence-electron chi connectivity index (χ2n) is 9.50. The number of nitrogens with zero attached hydrogens (tertiary/aromatic N) is 3. The minimum Gasteiger partial charge on any atom is -0.485 e. The van der Waals surface area contributed by atoms with Gasteiger partial charge in [0.2, 0.25) is 11.8 Å². The van der Waals surface area contributed by atoms with Crippen LogP contribution in [0.1, 0.15) is 46.1 Å². The number of hydrogen-bond acceptors (Lipinski definition) is 5. The van der Waals surface area contributed by atoms with Gasteiger partial charge in [0, 0.05) is 45.0 Å². The molecule has 0 saturated carbocycles. The molecular formula is C23H30N4O5. The molecule has 1 N–H and O–H groups in total. The normalized spacial score (nSPS) is 22.7. The minimum atomic E-state index is -1.02. The highest BCUT2D eigenvalue weighted by atomic mass is 16.5. The van der Waals surface area contributed by atoms with Crippen LogP contribution in [0, 0.1) is 0 Å². The molecule has 1 unspecified atom stereocenters. The summed E-state index contributed by atoms with van der Waals surface area (Å²) < 4.78 is 6.46. The third-order valence-corrected chi connectivity index (χ3v) is 6.71. The highest BCUT2D eigenvalue weighted by Crippen LogP contribution is 2.36. The fourth-order valence-electron chi connectivity index (χ4n) is 4.73. The van der Waals surface area contributed by atoms with Crippen LogP contribution in [-0.4, -0.2) is 75.3 Å². The van der Waals surface area contributed by atoms with Gasteiger partial charge in [0.25, 0.3) is 5.91 Å². The van der Waals surface area contributed by atoms with Gasteiger partial charge in [-0.3, -0.25) is 14.4 Å². The Labute approximate surface area is 187 Å². The second kappa shape index (κ2) is 7.79. The first-order valence-corrected chi connectivity index (χ1v) is 11.0. The Kier molecular flexibility index (Phi) is 5.38. The number of urea groups is 1. The van der Waals surface area contributed by atoms with Gasteiger partial charge in [0.05, 0.1) is 6.54 Å². The molecule has 2 fully saturated rings. The molecule has 0 bridgehead atoms. The highest BCUT2D eigenvalue weighted by molar-refractivity contribution is 6.09. The SMILES string of the molecule is CC(=O)N1Cc2ccccc2OC2(CCN(C(=O)C(C)N3C(=O)NC(C)(C)C3=O)CC2)C1. The van der Waals surface area contributed by atoms with Gasteiger partial charge in [-0.25, -0.2) is 9.69 Å². The Bertz CT molecular complexity index is 967. The van der Waals surface area contributed by atoms with E-state index in [2.05, 4.69) is 5.32 Å². The van der Waals surface area contributed by atoms with Crippen LogP contribution in [0.4, 0.5) is 4.79 Å². The standard InChI is InChI=1S/C23H30N4O5/c1-15(27-20(30)22(3,4)24-21(27)31)19(29)25-11-9-23(10-12-25)14-26(16(2)28)13-17-7-5-6-8-18(17)32-23/h5-8,15H,9-14H2,1-4H3,(H,24,31). The first-order valence-electron chi connectivity index (χ1n) is 11.0. The molecule has 2 saturated heterocycles. The molecule has 0 radical (unpaired) electrons. The lowest BCUT2D eigenvalue weighted by molar-refractivity contribution is -0.145. The minimum absolute atomic E-state index is 0.0158. The van der Waals surface area contributed by atoms with Crippen molar-refractivity contribution in [3.8, 4) is 5.75 Å². The molecule has 3 aliphatic rings. The number of amides is 5. The Morgan fingerprint density at radius 1 is 1.09 bits per heavy atom. The van der Waals surface area contributed by atoms with Crippen molar-refractivity contribution >= 4 is 23.8 Å². The third-order valence-electron chi connectivity index (χ3n) is 6.71. The van der Waals surface area contributed by atoms with Crippen LogP contribution in [-0.2, 0) is 20.9 Å². The van der Waals surface area contributed by atoms with Crippen molar-refractivity contribution in [2.24, 2.45) is 0 Å². The molecule has 5 amide bonds. The summed E-state index contributed by atoms with van der Waals surface area (Å²) in [5, 5.41) is 2.62. The largest absolute Gasteiger partial charge is 0.485 e. The summed E-state index contributed by atoms with van der Waals surface area (Å²) in [4.78, 5) is 54.7. The molecule has 0 aliphatic carbocycles. The number of carbonyl (C=O) groups excluding carboxylic acids is 4. The zero-order chi connectivity index (χ0) is 23.3. The Hall–Kier alpha value is -3.10. The van der Waals surface area contributed by atoms with Crippen LogP contribution in [0.2, 0.25) is 0 Å². The van der Waals surface area contributed by atoms with Gasteiger partial charge in [-0.2, -0.15) is 0 Å². The van der Waals surface area contributed by atoms with Gasteiger partial charge < -0.3 is 19.9 Å². The van der Waals surface area contributed by atoms with Crippen molar-refractivity contribution in [3.05, 3.63) is 29.8 Å². The van der Waals surface area contributed by atoms with Crippen molar-refractivity contribution < 1.29 is 23.9 Å². The maximum Gasteiger partial charge on any atom is 0.325 e. The number of carbonyl (C=O) groups is 4. The lowest BCUT2D eigenvalue weighted by Gasteiger charge is -2.43. The number of fused-ring (bicyclic) bond motifs is 1. The number of ether oxygens (including phenoxy) is 1. The summed E-state index contributed by atoms with van der Waals surface area (Å²) >= 11 is 0. The van der Waals surface area contributed by atoms with E-state index < -0.39 is 29.1 Å². The molecule has 32 heavy (non-hydrogen) atoms. The van der Waals surface area contributed by atoms with Crippen LogP contribution in [0.5, 0.6) is 5.75 Å². The molecule has 9 nitrogen and oxygen atoms in total. The zero-order valence-electron chi connectivity index (χ0n) is 19.0. The summed E-state index contributed by atoms with van der Waals surface area (Å²) in [7, 11) is 0. The first kappa shape index (κ1) is 22.1. The number of hydrogen-bond donors (Lipinski definition) is 1. The van der Waals surface area contributed by atoms with E-state index in [1.54, 1.807) is 37.5 Å². The Morgan fingerprint density at radius 3 is 2.34 bits per heavy atom. The summed E-state index contributed by atoms with van der Waals surface area (Å²) in [6.45, 7) is 8.18. The zero-order valence-corrected chi connectivity index (χ0v) is 19.0. The molecule has 3 aliphatic heterocycles. The summed E-state index contributed by atoms with van der Waals surface area (Å²) in [5.74, 6) is 0.0834. The molecule has 9 heteroatoms. The average molecular weight is 443 g/mol. The number of para-hydroxylation sites is 1.